The van der Waals surface area contributed by atoms with Gasteiger partial charge in [0.05, 0.1) is 21.2 Å². The van der Waals surface area contributed by atoms with Gasteiger partial charge < -0.3 is 9.80 Å². The maximum Gasteiger partial charge on any atom is 0.255 e. The largest absolute Gasteiger partial charge is 0.337 e. The molecule has 27 heavy (non-hydrogen) atoms. The molecule has 0 bridgehead atoms. The first-order valence-electron chi connectivity index (χ1n) is 8.35. The van der Waals surface area contributed by atoms with Crippen LogP contribution < -0.4 is 0 Å². The van der Waals surface area contributed by atoms with Crippen molar-refractivity contribution in [3.63, 3.8) is 0 Å². The highest BCUT2D eigenvalue weighted by molar-refractivity contribution is 6.37. The lowest BCUT2D eigenvalue weighted by Gasteiger charge is -2.23. The van der Waals surface area contributed by atoms with Gasteiger partial charge in [-0.2, -0.15) is 0 Å². The summed E-state index contributed by atoms with van der Waals surface area (Å²) >= 11 is 24.1. The first kappa shape index (κ1) is 20.3. The van der Waals surface area contributed by atoms with E-state index < -0.39 is 0 Å². The van der Waals surface area contributed by atoms with Gasteiger partial charge in [-0.1, -0.05) is 46.4 Å². The standard InChI is InChI=1S/C19H16Cl4N2O2/c20-12-2-4-14(16(22)10-12)18(26)24-6-1-7-25(9-8-24)19(27)15-5-3-13(21)11-17(15)23/h2-5,10-11H,1,6-9H2. The highest BCUT2D eigenvalue weighted by Gasteiger charge is 2.25. The highest BCUT2D eigenvalue weighted by atomic mass is 35.5. The van der Waals surface area contributed by atoms with Gasteiger partial charge in [0, 0.05) is 36.2 Å². The summed E-state index contributed by atoms with van der Waals surface area (Å²) < 4.78 is 0. The summed E-state index contributed by atoms with van der Waals surface area (Å²) in [6, 6.07) is 9.61. The third-order valence-electron chi connectivity index (χ3n) is 4.39. The molecule has 0 atom stereocenters. The molecule has 0 radical (unpaired) electrons. The summed E-state index contributed by atoms with van der Waals surface area (Å²) in [5.74, 6) is -0.342. The Morgan fingerprint density at radius 3 is 1.44 bits per heavy atom. The fourth-order valence-corrected chi connectivity index (χ4v) is 3.97. The van der Waals surface area contributed by atoms with Crippen LogP contribution in [-0.2, 0) is 0 Å². The molecular weight excluding hydrogens is 430 g/mol. The summed E-state index contributed by atoms with van der Waals surface area (Å²) in [4.78, 5) is 29.0. The van der Waals surface area contributed by atoms with Gasteiger partial charge in [0.1, 0.15) is 0 Å². The second-order valence-corrected chi connectivity index (χ2v) is 7.87. The summed E-state index contributed by atoms with van der Waals surface area (Å²) in [5, 5.41) is 1.59. The molecule has 4 nitrogen and oxygen atoms in total. The van der Waals surface area contributed by atoms with Crippen LogP contribution in [0.4, 0.5) is 0 Å². The zero-order valence-corrected chi connectivity index (χ0v) is 17.2. The van der Waals surface area contributed by atoms with Crippen molar-refractivity contribution in [2.24, 2.45) is 0 Å². The van der Waals surface area contributed by atoms with Gasteiger partial charge in [-0.05, 0) is 42.8 Å². The SMILES string of the molecule is O=C(c1ccc(Cl)cc1Cl)N1CCCN(C(=O)c2ccc(Cl)cc2Cl)CC1. The molecule has 1 fully saturated rings. The van der Waals surface area contributed by atoms with Gasteiger partial charge >= 0.3 is 0 Å². The maximum absolute atomic E-state index is 12.8. The molecule has 0 unspecified atom stereocenters. The van der Waals surface area contributed by atoms with E-state index in [-0.39, 0.29) is 11.8 Å². The smallest absolute Gasteiger partial charge is 0.255 e. The molecule has 1 heterocycles. The van der Waals surface area contributed by atoms with E-state index in [0.717, 1.165) is 0 Å². The number of hydrogen-bond acceptors (Lipinski definition) is 2. The number of carbonyl (C=O) groups is 2. The van der Waals surface area contributed by atoms with Crippen molar-refractivity contribution < 1.29 is 9.59 Å². The van der Waals surface area contributed by atoms with Crippen molar-refractivity contribution in [2.75, 3.05) is 26.2 Å². The summed E-state index contributed by atoms with van der Waals surface area (Å²) in [7, 11) is 0. The quantitative estimate of drug-likeness (QED) is 0.630. The maximum atomic E-state index is 12.8. The predicted molar refractivity (Wildman–Crippen MR) is 109 cm³/mol. The van der Waals surface area contributed by atoms with E-state index in [9.17, 15) is 9.59 Å². The Labute approximate surface area is 177 Å². The molecule has 2 aromatic rings. The lowest BCUT2D eigenvalue weighted by atomic mass is 10.2. The van der Waals surface area contributed by atoms with Crippen LogP contribution in [0.25, 0.3) is 0 Å². The van der Waals surface area contributed by atoms with Crippen LogP contribution in [0.15, 0.2) is 36.4 Å². The van der Waals surface area contributed by atoms with Gasteiger partial charge in [-0.25, -0.2) is 0 Å². The molecule has 0 spiro atoms. The predicted octanol–water partition coefficient (Wildman–Crippen LogP) is 5.29. The van der Waals surface area contributed by atoms with Crippen LogP contribution in [0.2, 0.25) is 20.1 Å². The van der Waals surface area contributed by atoms with E-state index in [0.29, 0.717) is 63.8 Å². The van der Waals surface area contributed by atoms with E-state index in [4.69, 9.17) is 46.4 Å². The van der Waals surface area contributed by atoms with Gasteiger partial charge in [0.15, 0.2) is 0 Å². The monoisotopic (exact) mass is 444 g/mol. The second kappa shape index (κ2) is 8.70. The lowest BCUT2D eigenvalue weighted by molar-refractivity contribution is 0.0719. The number of rotatable bonds is 2. The number of carbonyl (C=O) groups excluding carboxylic acids is 2. The van der Waals surface area contributed by atoms with E-state index in [1.54, 1.807) is 46.2 Å². The Hall–Kier alpha value is -1.46. The topological polar surface area (TPSA) is 40.6 Å². The fourth-order valence-electron chi connectivity index (χ4n) is 2.99. The second-order valence-electron chi connectivity index (χ2n) is 6.19. The minimum absolute atomic E-state index is 0.171. The van der Waals surface area contributed by atoms with Crippen LogP contribution in [0.1, 0.15) is 27.1 Å². The molecule has 2 amide bonds. The van der Waals surface area contributed by atoms with Crippen LogP contribution in [0.5, 0.6) is 0 Å². The Bertz CT molecular complexity index is 817. The first-order valence-corrected chi connectivity index (χ1v) is 9.86. The molecule has 1 aliphatic rings. The molecule has 8 heteroatoms. The lowest BCUT2D eigenvalue weighted by Crippen LogP contribution is -2.37. The van der Waals surface area contributed by atoms with Crippen molar-refractivity contribution in [1.82, 2.24) is 9.80 Å². The Morgan fingerprint density at radius 2 is 1.07 bits per heavy atom. The zero-order chi connectivity index (χ0) is 19.6. The molecular formula is C19H16Cl4N2O2. The molecule has 142 valence electrons. The van der Waals surface area contributed by atoms with Crippen LogP contribution >= 0.6 is 46.4 Å². The van der Waals surface area contributed by atoms with Crippen LogP contribution in [0, 0.1) is 0 Å². The molecule has 0 aliphatic carbocycles. The average Bonchev–Trinajstić information content (AvgIpc) is 2.87. The van der Waals surface area contributed by atoms with Gasteiger partial charge in [0.25, 0.3) is 11.8 Å². The summed E-state index contributed by atoms with van der Waals surface area (Å²) in [6.07, 6.45) is 0.661. The van der Waals surface area contributed by atoms with Crippen molar-refractivity contribution in [3.8, 4) is 0 Å². The van der Waals surface area contributed by atoms with Crippen molar-refractivity contribution >= 4 is 58.2 Å². The number of halogens is 4. The Kier molecular flexibility index (Phi) is 6.53. The molecule has 1 saturated heterocycles. The Balaban J connectivity index is 1.71. The highest BCUT2D eigenvalue weighted by Crippen LogP contribution is 2.24. The normalized spacial score (nSPS) is 14.8. The van der Waals surface area contributed by atoms with Crippen molar-refractivity contribution in [2.45, 2.75) is 6.42 Å². The molecule has 0 N–H and O–H groups in total. The molecule has 2 aromatic carbocycles. The first-order chi connectivity index (χ1) is 12.9. The van der Waals surface area contributed by atoms with E-state index >= 15 is 0 Å². The van der Waals surface area contributed by atoms with Crippen LogP contribution in [0.3, 0.4) is 0 Å². The number of amides is 2. The van der Waals surface area contributed by atoms with Crippen molar-refractivity contribution in [1.29, 1.82) is 0 Å². The average molecular weight is 446 g/mol. The van der Waals surface area contributed by atoms with Crippen molar-refractivity contribution in [3.05, 3.63) is 67.6 Å². The van der Waals surface area contributed by atoms with Crippen LogP contribution in [-0.4, -0.2) is 47.8 Å². The van der Waals surface area contributed by atoms with E-state index in [1.165, 1.54) is 0 Å². The number of benzene rings is 2. The van der Waals surface area contributed by atoms with Gasteiger partial charge in [0.2, 0.25) is 0 Å². The molecule has 0 saturated carbocycles. The number of hydrogen-bond donors (Lipinski definition) is 0. The van der Waals surface area contributed by atoms with E-state index in [1.807, 2.05) is 0 Å². The Morgan fingerprint density at radius 1 is 0.667 bits per heavy atom. The third-order valence-corrected chi connectivity index (χ3v) is 5.49. The fraction of sp³-hybridized carbons (Fsp3) is 0.263. The zero-order valence-electron chi connectivity index (χ0n) is 14.2. The van der Waals surface area contributed by atoms with Gasteiger partial charge in [-0.15, -0.1) is 0 Å². The molecule has 0 aromatic heterocycles. The van der Waals surface area contributed by atoms with E-state index in [2.05, 4.69) is 0 Å². The third kappa shape index (κ3) is 4.69. The summed E-state index contributed by atoms with van der Waals surface area (Å²) in [6.45, 7) is 1.90. The van der Waals surface area contributed by atoms with Gasteiger partial charge in [-0.3, -0.25) is 9.59 Å². The summed E-state index contributed by atoms with van der Waals surface area (Å²) in [5.41, 5.74) is 0.808. The molecule has 1 aliphatic heterocycles. The minimum Gasteiger partial charge on any atom is -0.337 e. The molecule has 3 rings (SSSR count). The number of nitrogens with zero attached hydrogens (tertiary/aromatic N) is 2. The minimum atomic E-state index is -0.171.